The minimum atomic E-state index is 0.303. The first kappa shape index (κ1) is 12.1. The van der Waals surface area contributed by atoms with Gasteiger partial charge in [0.25, 0.3) is 0 Å². The Bertz CT molecular complexity index is 309. The fraction of sp³-hybridized carbons (Fsp3) is 0.571. The van der Waals surface area contributed by atoms with Gasteiger partial charge in [0.05, 0.1) is 0 Å². The molecule has 0 bridgehead atoms. The average Bonchev–Trinajstić information content (AvgIpc) is 2.14. The maximum Gasteiger partial charge on any atom is 0.118 e. The lowest BCUT2D eigenvalue weighted by Crippen LogP contribution is -2.21. The second-order valence-corrected chi connectivity index (χ2v) is 5.30. The van der Waals surface area contributed by atoms with Crippen molar-refractivity contribution in [3.8, 4) is 5.75 Å². The van der Waals surface area contributed by atoms with Gasteiger partial charge < -0.3 is 5.11 Å². The van der Waals surface area contributed by atoms with Crippen LogP contribution in [0.5, 0.6) is 5.75 Å². The molecule has 0 spiro atoms. The zero-order chi connectivity index (χ0) is 11.5. The molecule has 0 amide bonds. The summed E-state index contributed by atoms with van der Waals surface area (Å²) in [6, 6.07) is 7.65. The molecule has 1 N–H and O–H groups in total. The van der Waals surface area contributed by atoms with E-state index in [1.54, 1.807) is 6.07 Å². The molecule has 0 heterocycles. The van der Waals surface area contributed by atoms with Crippen LogP contribution in [0.15, 0.2) is 24.3 Å². The molecule has 84 valence electrons. The van der Waals surface area contributed by atoms with Crippen LogP contribution in [-0.4, -0.2) is 5.11 Å². The molecule has 0 fully saturated rings. The molecule has 1 nitrogen and oxygen atoms in total. The molecule has 1 heteroatoms. The van der Waals surface area contributed by atoms with Crippen LogP contribution in [0, 0.1) is 11.3 Å². The Morgan fingerprint density at radius 3 is 2.27 bits per heavy atom. The second kappa shape index (κ2) is 4.69. The number of phenols is 1. The summed E-state index contributed by atoms with van der Waals surface area (Å²) in [7, 11) is 0. The van der Waals surface area contributed by atoms with Gasteiger partial charge in [-0.25, -0.2) is 0 Å². The van der Waals surface area contributed by atoms with Crippen LogP contribution in [-0.2, 0) is 6.42 Å². The van der Waals surface area contributed by atoms with E-state index in [0.717, 1.165) is 18.4 Å². The van der Waals surface area contributed by atoms with Crippen LogP contribution in [0.1, 0.15) is 39.7 Å². The van der Waals surface area contributed by atoms with Crippen LogP contribution < -0.4 is 0 Å². The molecule has 1 unspecified atom stereocenters. The second-order valence-electron chi connectivity index (χ2n) is 5.30. The van der Waals surface area contributed by atoms with Gasteiger partial charge in [-0.15, -0.1) is 0 Å². The number of benzene rings is 1. The van der Waals surface area contributed by atoms with Crippen LogP contribution in [0.2, 0.25) is 0 Å². The Balaban J connectivity index is 2.80. The smallest absolute Gasteiger partial charge is 0.118 e. The van der Waals surface area contributed by atoms with Crippen molar-refractivity contribution in [1.82, 2.24) is 0 Å². The molecule has 0 saturated heterocycles. The van der Waals surface area contributed by atoms with E-state index in [-0.39, 0.29) is 0 Å². The minimum absolute atomic E-state index is 0.303. The monoisotopic (exact) mass is 206 g/mol. The molecule has 0 aromatic heterocycles. The van der Waals surface area contributed by atoms with E-state index in [2.05, 4.69) is 27.7 Å². The highest BCUT2D eigenvalue weighted by atomic mass is 16.3. The fourth-order valence-corrected chi connectivity index (χ4v) is 2.01. The molecule has 1 atom stereocenters. The van der Waals surface area contributed by atoms with Crippen molar-refractivity contribution in [1.29, 1.82) is 0 Å². The SMILES string of the molecule is CCC(Cc1ccccc1O)C(C)(C)C. The van der Waals surface area contributed by atoms with Gasteiger partial charge in [-0.05, 0) is 29.4 Å². The quantitative estimate of drug-likeness (QED) is 0.792. The number of hydrogen-bond donors (Lipinski definition) is 1. The molecule has 0 saturated carbocycles. The first-order valence-corrected chi connectivity index (χ1v) is 5.72. The van der Waals surface area contributed by atoms with Crippen LogP contribution in [0.4, 0.5) is 0 Å². The molecule has 0 aliphatic rings. The zero-order valence-electron chi connectivity index (χ0n) is 10.2. The Labute approximate surface area is 93.1 Å². The van der Waals surface area contributed by atoms with Crippen molar-refractivity contribution >= 4 is 0 Å². The third-order valence-corrected chi connectivity index (χ3v) is 3.18. The molecule has 0 radical (unpaired) electrons. The third-order valence-electron chi connectivity index (χ3n) is 3.18. The van der Waals surface area contributed by atoms with E-state index in [1.807, 2.05) is 18.2 Å². The predicted molar refractivity (Wildman–Crippen MR) is 65.0 cm³/mol. The summed E-state index contributed by atoms with van der Waals surface area (Å²) in [5.41, 5.74) is 1.37. The van der Waals surface area contributed by atoms with E-state index in [4.69, 9.17) is 0 Å². The van der Waals surface area contributed by atoms with Gasteiger partial charge in [-0.1, -0.05) is 52.3 Å². The lowest BCUT2D eigenvalue weighted by molar-refractivity contribution is 0.230. The average molecular weight is 206 g/mol. The molecule has 1 rings (SSSR count). The summed E-state index contributed by atoms with van der Waals surface area (Å²) in [4.78, 5) is 0. The summed E-state index contributed by atoms with van der Waals surface area (Å²) >= 11 is 0. The Kier molecular flexibility index (Phi) is 3.78. The van der Waals surface area contributed by atoms with Gasteiger partial charge in [0, 0.05) is 0 Å². The van der Waals surface area contributed by atoms with E-state index < -0.39 is 0 Å². The molecule has 1 aromatic carbocycles. The van der Waals surface area contributed by atoms with Crippen molar-refractivity contribution < 1.29 is 5.11 Å². The van der Waals surface area contributed by atoms with Crippen LogP contribution >= 0.6 is 0 Å². The summed E-state index contributed by atoms with van der Waals surface area (Å²) in [6.45, 7) is 9.01. The maximum absolute atomic E-state index is 9.72. The van der Waals surface area contributed by atoms with E-state index in [9.17, 15) is 5.11 Å². The Morgan fingerprint density at radius 2 is 1.80 bits per heavy atom. The van der Waals surface area contributed by atoms with E-state index in [1.165, 1.54) is 0 Å². The summed E-state index contributed by atoms with van der Waals surface area (Å²) in [5.74, 6) is 1.05. The van der Waals surface area contributed by atoms with Gasteiger partial charge in [0.15, 0.2) is 0 Å². The van der Waals surface area contributed by atoms with Crippen molar-refractivity contribution in [2.45, 2.75) is 40.5 Å². The van der Waals surface area contributed by atoms with Crippen molar-refractivity contribution in [3.05, 3.63) is 29.8 Å². The first-order valence-electron chi connectivity index (χ1n) is 5.72. The summed E-state index contributed by atoms with van der Waals surface area (Å²) < 4.78 is 0. The molecule has 0 aliphatic heterocycles. The van der Waals surface area contributed by atoms with E-state index in [0.29, 0.717) is 17.1 Å². The molecule has 1 aromatic rings. The van der Waals surface area contributed by atoms with Crippen LogP contribution in [0.25, 0.3) is 0 Å². The lowest BCUT2D eigenvalue weighted by Gasteiger charge is -2.30. The van der Waals surface area contributed by atoms with Crippen molar-refractivity contribution in [2.75, 3.05) is 0 Å². The topological polar surface area (TPSA) is 20.2 Å². The Hall–Kier alpha value is -0.980. The molecule has 15 heavy (non-hydrogen) atoms. The van der Waals surface area contributed by atoms with Gasteiger partial charge in [-0.3, -0.25) is 0 Å². The highest BCUT2D eigenvalue weighted by molar-refractivity contribution is 5.32. The first-order chi connectivity index (χ1) is 6.95. The van der Waals surface area contributed by atoms with Crippen molar-refractivity contribution in [2.24, 2.45) is 11.3 Å². The largest absolute Gasteiger partial charge is 0.508 e. The highest BCUT2D eigenvalue weighted by Gasteiger charge is 2.23. The standard InChI is InChI=1S/C14H22O/c1-5-12(14(2,3)4)10-11-8-6-7-9-13(11)15/h6-9,12,15H,5,10H2,1-4H3. The molecular weight excluding hydrogens is 184 g/mol. The van der Waals surface area contributed by atoms with Gasteiger partial charge >= 0.3 is 0 Å². The lowest BCUT2D eigenvalue weighted by atomic mass is 9.76. The van der Waals surface area contributed by atoms with Gasteiger partial charge in [0.1, 0.15) is 5.75 Å². The minimum Gasteiger partial charge on any atom is -0.508 e. The van der Waals surface area contributed by atoms with Gasteiger partial charge in [0.2, 0.25) is 0 Å². The van der Waals surface area contributed by atoms with Crippen molar-refractivity contribution in [3.63, 3.8) is 0 Å². The normalized spacial score (nSPS) is 13.9. The number of aromatic hydroxyl groups is 1. The predicted octanol–water partition coefficient (Wildman–Crippen LogP) is 4.01. The highest BCUT2D eigenvalue weighted by Crippen LogP contribution is 2.33. The number of hydrogen-bond acceptors (Lipinski definition) is 1. The number of rotatable bonds is 3. The zero-order valence-corrected chi connectivity index (χ0v) is 10.2. The maximum atomic E-state index is 9.72. The fourth-order valence-electron chi connectivity index (χ4n) is 2.01. The molecular formula is C14H22O. The van der Waals surface area contributed by atoms with E-state index >= 15 is 0 Å². The van der Waals surface area contributed by atoms with Gasteiger partial charge in [-0.2, -0.15) is 0 Å². The molecule has 0 aliphatic carbocycles. The van der Waals surface area contributed by atoms with Crippen LogP contribution in [0.3, 0.4) is 0 Å². The third kappa shape index (κ3) is 3.26. The summed E-state index contributed by atoms with van der Waals surface area (Å²) in [6.07, 6.45) is 2.12. The Morgan fingerprint density at radius 1 is 1.20 bits per heavy atom. The number of phenolic OH excluding ortho intramolecular Hbond substituents is 1. The number of para-hydroxylation sites is 1. The summed E-state index contributed by atoms with van der Waals surface area (Å²) in [5, 5.41) is 9.72.